The molecule has 0 saturated carbocycles. The van der Waals surface area contributed by atoms with E-state index in [-0.39, 0.29) is 11.9 Å². The first-order valence-electron chi connectivity index (χ1n) is 12.9. The lowest BCUT2D eigenvalue weighted by molar-refractivity contribution is -0.117. The maximum atomic E-state index is 13.0. The minimum atomic E-state index is -1.18. The first kappa shape index (κ1) is 26.5. The first-order chi connectivity index (χ1) is 18.6. The normalized spacial score (nSPS) is 17.2. The van der Waals surface area contributed by atoms with E-state index in [2.05, 4.69) is 25.2 Å². The number of carbonyl (C=O) groups is 1. The van der Waals surface area contributed by atoms with Crippen molar-refractivity contribution in [3.05, 3.63) is 89.6 Å². The number of anilines is 2. The van der Waals surface area contributed by atoms with Gasteiger partial charge in [0, 0.05) is 30.4 Å². The number of amidine groups is 1. The number of aliphatic imine (C=N–C) groups is 2. The highest BCUT2D eigenvalue weighted by Crippen LogP contribution is 2.25. The Morgan fingerprint density at radius 1 is 1.03 bits per heavy atom. The van der Waals surface area contributed by atoms with Crippen molar-refractivity contribution in [3.63, 3.8) is 0 Å². The molecule has 9 heteroatoms. The van der Waals surface area contributed by atoms with Gasteiger partial charge in [-0.1, -0.05) is 62.4 Å². The number of ether oxygens (including phenoxy) is 1. The van der Waals surface area contributed by atoms with Gasteiger partial charge in [-0.15, -0.1) is 0 Å². The number of carbonyl (C=O) groups excluding carboxylic acids is 1. The van der Waals surface area contributed by atoms with Crippen molar-refractivity contribution >= 4 is 35.0 Å². The standard InChI is InChI=1S/C27H27N7O2.C2H6/c28-23(20-13-9-15-30-25(20)34-16-7-2-8-17-34)36-27(29)33-24-26(35)31-21-14-6-5-12-19(21)22(32-24)18-10-3-1-4-11-18;1-2/h1,3-6,9-15,24,28H,2,7-8,16-17H2,(H2,29,33)(H,31,35);1-2H3. The van der Waals surface area contributed by atoms with Crippen molar-refractivity contribution in [2.75, 3.05) is 23.3 Å². The highest BCUT2D eigenvalue weighted by molar-refractivity contribution is 6.19. The zero-order chi connectivity index (χ0) is 26.9. The van der Waals surface area contributed by atoms with E-state index < -0.39 is 12.1 Å². The van der Waals surface area contributed by atoms with Gasteiger partial charge >= 0.3 is 0 Å². The third-order valence-corrected chi connectivity index (χ3v) is 6.12. The summed E-state index contributed by atoms with van der Waals surface area (Å²) in [6.07, 6.45) is 3.86. The first-order valence-corrected chi connectivity index (χ1v) is 12.9. The highest BCUT2D eigenvalue weighted by Gasteiger charge is 2.26. The number of benzodiazepines with no additional fused rings is 1. The zero-order valence-electron chi connectivity index (χ0n) is 21.7. The van der Waals surface area contributed by atoms with Crippen LogP contribution in [0.2, 0.25) is 0 Å². The van der Waals surface area contributed by atoms with E-state index in [1.807, 2.05) is 68.4 Å². The molecular formula is C29H33N7O2. The Morgan fingerprint density at radius 2 is 1.74 bits per heavy atom. The van der Waals surface area contributed by atoms with Crippen LogP contribution in [-0.2, 0) is 9.53 Å². The van der Waals surface area contributed by atoms with Crippen molar-refractivity contribution < 1.29 is 9.53 Å². The van der Waals surface area contributed by atoms with Crippen molar-refractivity contribution in [3.8, 4) is 0 Å². The minimum Gasteiger partial charge on any atom is -0.407 e. The number of fused-ring (bicyclic) bond motifs is 1. The van der Waals surface area contributed by atoms with E-state index >= 15 is 0 Å². The van der Waals surface area contributed by atoms with E-state index in [0.29, 0.717) is 22.8 Å². The molecule has 5 rings (SSSR count). The van der Waals surface area contributed by atoms with Crippen LogP contribution in [0.15, 0.2) is 82.9 Å². The maximum absolute atomic E-state index is 13.0. The number of hydrogen-bond donors (Lipinski definition) is 3. The molecule has 2 aromatic carbocycles. The minimum absolute atomic E-state index is 0.186. The van der Waals surface area contributed by atoms with E-state index in [1.165, 1.54) is 6.42 Å². The average molecular weight is 512 g/mol. The average Bonchev–Trinajstić information content (AvgIpc) is 3.11. The number of benzene rings is 2. The summed E-state index contributed by atoms with van der Waals surface area (Å²) >= 11 is 0. The number of nitrogens with one attached hydrogen (secondary N) is 2. The lowest BCUT2D eigenvalue weighted by Gasteiger charge is -2.29. The predicted molar refractivity (Wildman–Crippen MR) is 152 cm³/mol. The Labute approximate surface area is 223 Å². The summed E-state index contributed by atoms with van der Waals surface area (Å²) in [5.41, 5.74) is 9.47. The molecule has 1 aromatic heterocycles. The summed E-state index contributed by atoms with van der Waals surface area (Å²) in [6, 6.07) is 20.2. The quantitative estimate of drug-likeness (QED) is 0.349. The third kappa shape index (κ3) is 6.05. The van der Waals surface area contributed by atoms with Gasteiger partial charge in [-0.05, 0) is 37.5 Å². The van der Waals surface area contributed by atoms with Crippen LogP contribution in [0.3, 0.4) is 0 Å². The smallest absolute Gasteiger partial charge is 0.291 e. The number of pyridine rings is 1. The summed E-state index contributed by atoms with van der Waals surface area (Å²) in [4.78, 5) is 28.5. The number of para-hydroxylation sites is 1. The number of amides is 1. The van der Waals surface area contributed by atoms with E-state index in [9.17, 15) is 4.79 Å². The van der Waals surface area contributed by atoms with Crippen LogP contribution in [0.25, 0.3) is 0 Å². The van der Waals surface area contributed by atoms with Crippen LogP contribution in [0.4, 0.5) is 11.5 Å². The molecule has 1 fully saturated rings. The maximum Gasteiger partial charge on any atom is 0.291 e. The number of aromatic nitrogens is 1. The van der Waals surface area contributed by atoms with Gasteiger partial charge in [-0.25, -0.2) is 9.98 Å². The Balaban J connectivity index is 0.00000164. The monoisotopic (exact) mass is 511 g/mol. The molecular weight excluding hydrogens is 478 g/mol. The number of nitrogens with two attached hydrogens (primary N) is 1. The molecule has 9 nitrogen and oxygen atoms in total. The van der Waals surface area contributed by atoms with Gasteiger partial charge < -0.3 is 20.7 Å². The molecule has 38 heavy (non-hydrogen) atoms. The molecule has 1 saturated heterocycles. The molecule has 1 amide bonds. The molecule has 1 atom stereocenters. The van der Waals surface area contributed by atoms with Crippen molar-refractivity contribution in [2.45, 2.75) is 39.3 Å². The molecule has 2 aliphatic heterocycles. The van der Waals surface area contributed by atoms with Crippen LogP contribution in [0.1, 0.15) is 49.8 Å². The van der Waals surface area contributed by atoms with E-state index in [1.54, 1.807) is 18.3 Å². The van der Waals surface area contributed by atoms with Crippen molar-refractivity contribution in [1.82, 2.24) is 4.98 Å². The van der Waals surface area contributed by atoms with Gasteiger partial charge in [0.1, 0.15) is 5.82 Å². The lowest BCUT2D eigenvalue weighted by atomic mass is 10.0. The summed E-state index contributed by atoms with van der Waals surface area (Å²) in [7, 11) is 0. The number of nitrogens with zero attached hydrogens (tertiary/aromatic N) is 4. The Kier molecular flexibility index (Phi) is 8.81. The SMILES string of the molecule is CC.N=C(O/C(N)=N/C1N=C(c2ccccc2)c2ccccc2NC1=O)c1cccnc1N1CCCCC1. The molecule has 0 radical (unpaired) electrons. The Morgan fingerprint density at radius 3 is 2.50 bits per heavy atom. The molecule has 3 heterocycles. The molecule has 2 aliphatic rings. The van der Waals surface area contributed by atoms with Crippen LogP contribution in [0.5, 0.6) is 0 Å². The van der Waals surface area contributed by atoms with Gasteiger partial charge in [0.2, 0.25) is 12.1 Å². The van der Waals surface area contributed by atoms with E-state index in [4.69, 9.17) is 15.9 Å². The van der Waals surface area contributed by atoms with Crippen LogP contribution in [-0.4, -0.2) is 47.8 Å². The molecule has 0 spiro atoms. The molecule has 0 bridgehead atoms. The largest absolute Gasteiger partial charge is 0.407 e. The van der Waals surface area contributed by atoms with Crippen LogP contribution in [0, 0.1) is 5.41 Å². The van der Waals surface area contributed by atoms with Gasteiger partial charge in [0.25, 0.3) is 11.9 Å². The van der Waals surface area contributed by atoms with Crippen molar-refractivity contribution in [2.24, 2.45) is 15.7 Å². The fourth-order valence-electron chi connectivity index (χ4n) is 4.40. The molecule has 196 valence electrons. The van der Waals surface area contributed by atoms with Crippen molar-refractivity contribution in [1.29, 1.82) is 5.41 Å². The van der Waals surface area contributed by atoms with Gasteiger partial charge in [-0.2, -0.15) is 4.99 Å². The highest BCUT2D eigenvalue weighted by atomic mass is 16.5. The summed E-state index contributed by atoms with van der Waals surface area (Å²) < 4.78 is 5.57. The third-order valence-electron chi connectivity index (χ3n) is 6.12. The number of hydrogen-bond acceptors (Lipinski definition) is 7. The fraction of sp³-hybridized carbons (Fsp3) is 0.276. The number of piperidine rings is 1. The molecule has 0 aliphatic carbocycles. The summed E-state index contributed by atoms with van der Waals surface area (Å²) in [6.45, 7) is 5.75. The van der Waals surface area contributed by atoms with Gasteiger partial charge in [-0.3, -0.25) is 10.2 Å². The Bertz CT molecular complexity index is 1330. The second-order valence-electron chi connectivity index (χ2n) is 8.57. The molecule has 3 aromatic rings. The predicted octanol–water partition coefficient (Wildman–Crippen LogP) is 4.57. The second kappa shape index (κ2) is 12.6. The zero-order valence-corrected chi connectivity index (χ0v) is 21.7. The summed E-state index contributed by atoms with van der Waals surface area (Å²) in [5, 5.41) is 11.4. The van der Waals surface area contributed by atoms with Gasteiger partial charge in [0.05, 0.1) is 17.0 Å². The topological polar surface area (TPSA) is 129 Å². The van der Waals surface area contributed by atoms with E-state index in [0.717, 1.165) is 37.1 Å². The molecule has 1 unspecified atom stereocenters. The second-order valence-corrected chi connectivity index (χ2v) is 8.57. The Hall–Kier alpha value is -4.53. The van der Waals surface area contributed by atoms with Gasteiger partial charge in [0.15, 0.2) is 0 Å². The number of rotatable bonds is 4. The summed E-state index contributed by atoms with van der Waals surface area (Å²) in [5.74, 6) is 0.0541. The fourth-order valence-corrected chi connectivity index (χ4v) is 4.40. The van der Waals surface area contributed by atoms with Crippen LogP contribution >= 0.6 is 0 Å². The lowest BCUT2D eigenvalue weighted by Crippen LogP contribution is -2.33. The molecule has 4 N–H and O–H groups in total. The van der Waals surface area contributed by atoms with Crippen LogP contribution < -0.4 is 16.0 Å².